The quantitative estimate of drug-likeness (QED) is 0.745. The number of primary amides is 1. The number of benzene rings is 2. The SMILES string of the molecule is CCOc1ccc(C(=O)[C@@H](C)Oc2cc(OC)ccc2C(N)=O)cc1. The van der Waals surface area contributed by atoms with E-state index in [9.17, 15) is 9.59 Å². The molecule has 0 aliphatic rings. The Bertz CT molecular complexity index is 755. The molecule has 0 bridgehead atoms. The molecule has 2 aromatic rings. The van der Waals surface area contributed by atoms with Crippen molar-refractivity contribution in [2.24, 2.45) is 5.73 Å². The highest BCUT2D eigenvalue weighted by atomic mass is 16.5. The zero-order chi connectivity index (χ0) is 18.4. The molecule has 0 heterocycles. The highest BCUT2D eigenvalue weighted by Gasteiger charge is 2.20. The summed E-state index contributed by atoms with van der Waals surface area (Å²) in [6.45, 7) is 4.06. The summed E-state index contributed by atoms with van der Waals surface area (Å²) in [5.74, 6) is 0.537. The molecule has 132 valence electrons. The summed E-state index contributed by atoms with van der Waals surface area (Å²) in [6, 6.07) is 11.4. The second-order valence-electron chi connectivity index (χ2n) is 5.31. The van der Waals surface area contributed by atoms with Crippen molar-refractivity contribution in [1.82, 2.24) is 0 Å². The van der Waals surface area contributed by atoms with Crippen molar-refractivity contribution in [2.75, 3.05) is 13.7 Å². The first-order valence-corrected chi connectivity index (χ1v) is 7.87. The Labute approximate surface area is 146 Å². The zero-order valence-electron chi connectivity index (χ0n) is 14.4. The highest BCUT2D eigenvalue weighted by Crippen LogP contribution is 2.26. The Hall–Kier alpha value is -3.02. The number of Topliss-reactive ketones (excluding diaryl/α,β-unsaturated/α-hetero) is 1. The molecule has 0 aliphatic heterocycles. The van der Waals surface area contributed by atoms with Crippen molar-refractivity contribution in [1.29, 1.82) is 0 Å². The summed E-state index contributed by atoms with van der Waals surface area (Å²) in [7, 11) is 1.50. The molecule has 6 heteroatoms. The van der Waals surface area contributed by atoms with E-state index in [0.29, 0.717) is 23.7 Å². The van der Waals surface area contributed by atoms with Crippen LogP contribution in [-0.4, -0.2) is 31.5 Å². The summed E-state index contributed by atoms with van der Waals surface area (Å²) in [4.78, 5) is 24.1. The lowest BCUT2D eigenvalue weighted by molar-refractivity contribution is 0.0810. The number of ether oxygens (including phenoxy) is 3. The molecule has 0 radical (unpaired) electrons. The summed E-state index contributed by atoms with van der Waals surface area (Å²) in [6.07, 6.45) is -0.803. The normalized spacial score (nSPS) is 11.5. The van der Waals surface area contributed by atoms with Gasteiger partial charge in [-0.15, -0.1) is 0 Å². The lowest BCUT2D eigenvalue weighted by atomic mass is 10.1. The predicted molar refractivity (Wildman–Crippen MR) is 93.5 cm³/mol. The zero-order valence-corrected chi connectivity index (χ0v) is 14.4. The fourth-order valence-corrected chi connectivity index (χ4v) is 2.29. The van der Waals surface area contributed by atoms with Crippen LogP contribution in [0.3, 0.4) is 0 Å². The Kier molecular flexibility index (Phi) is 6.00. The van der Waals surface area contributed by atoms with Crippen molar-refractivity contribution < 1.29 is 23.8 Å². The Morgan fingerprint density at radius 2 is 1.72 bits per heavy atom. The van der Waals surface area contributed by atoms with Gasteiger partial charge in [0.2, 0.25) is 5.78 Å². The molecule has 0 spiro atoms. The molecule has 1 atom stereocenters. The van der Waals surface area contributed by atoms with Gasteiger partial charge < -0.3 is 19.9 Å². The van der Waals surface area contributed by atoms with Crippen molar-refractivity contribution in [3.63, 3.8) is 0 Å². The minimum Gasteiger partial charge on any atom is -0.497 e. The van der Waals surface area contributed by atoms with Crippen LogP contribution in [0.4, 0.5) is 0 Å². The molecule has 0 saturated heterocycles. The predicted octanol–water partition coefficient (Wildman–Crippen LogP) is 2.84. The fraction of sp³-hybridized carbons (Fsp3) is 0.263. The number of rotatable bonds is 8. The standard InChI is InChI=1S/C19H21NO5/c1-4-24-14-7-5-13(6-8-14)18(21)12(2)25-17-11-15(23-3)9-10-16(17)19(20)22/h5-12H,4H2,1-3H3,(H2,20,22)/t12-/m1/s1. The smallest absolute Gasteiger partial charge is 0.252 e. The maximum atomic E-state index is 12.5. The van der Waals surface area contributed by atoms with E-state index >= 15 is 0 Å². The third-order valence-electron chi connectivity index (χ3n) is 3.58. The van der Waals surface area contributed by atoms with Gasteiger partial charge in [-0.05, 0) is 50.2 Å². The summed E-state index contributed by atoms with van der Waals surface area (Å²) >= 11 is 0. The van der Waals surface area contributed by atoms with Gasteiger partial charge in [-0.1, -0.05) is 0 Å². The summed E-state index contributed by atoms with van der Waals surface area (Å²) in [5.41, 5.74) is 6.03. The van der Waals surface area contributed by atoms with Gasteiger partial charge in [-0.3, -0.25) is 9.59 Å². The first-order valence-electron chi connectivity index (χ1n) is 7.87. The second kappa shape index (κ2) is 8.19. The van der Waals surface area contributed by atoms with Crippen molar-refractivity contribution in [2.45, 2.75) is 20.0 Å². The van der Waals surface area contributed by atoms with Crippen molar-refractivity contribution >= 4 is 11.7 Å². The number of hydrogen-bond acceptors (Lipinski definition) is 5. The minimum absolute atomic E-state index is 0.187. The van der Waals surface area contributed by atoms with Gasteiger partial charge in [0.25, 0.3) is 5.91 Å². The molecule has 25 heavy (non-hydrogen) atoms. The maximum absolute atomic E-state index is 12.5. The summed E-state index contributed by atoms with van der Waals surface area (Å²) < 4.78 is 16.2. The van der Waals surface area contributed by atoms with E-state index in [2.05, 4.69) is 0 Å². The van der Waals surface area contributed by atoms with Crippen LogP contribution in [0.1, 0.15) is 34.6 Å². The van der Waals surface area contributed by atoms with Crippen LogP contribution in [-0.2, 0) is 0 Å². The molecular formula is C19H21NO5. The van der Waals surface area contributed by atoms with Crippen molar-refractivity contribution in [3.05, 3.63) is 53.6 Å². The van der Waals surface area contributed by atoms with E-state index in [1.165, 1.54) is 19.2 Å². The number of methoxy groups -OCH3 is 1. The monoisotopic (exact) mass is 343 g/mol. The largest absolute Gasteiger partial charge is 0.497 e. The number of hydrogen-bond donors (Lipinski definition) is 1. The molecule has 2 N–H and O–H groups in total. The molecular weight excluding hydrogens is 322 g/mol. The van der Waals surface area contributed by atoms with Gasteiger partial charge in [0.1, 0.15) is 17.2 Å². The lowest BCUT2D eigenvalue weighted by Crippen LogP contribution is -2.25. The van der Waals surface area contributed by atoms with Crippen LogP contribution < -0.4 is 19.9 Å². The number of amides is 1. The van der Waals surface area contributed by atoms with Gasteiger partial charge in [0.15, 0.2) is 6.10 Å². The third-order valence-corrected chi connectivity index (χ3v) is 3.58. The van der Waals surface area contributed by atoms with E-state index in [4.69, 9.17) is 19.9 Å². The fourth-order valence-electron chi connectivity index (χ4n) is 2.29. The van der Waals surface area contributed by atoms with Gasteiger partial charge in [-0.25, -0.2) is 0 Å². The molecule has 6 nitrogen and oxygen atoms in total. The molecule has 2 rings (SSSR count). The van der Waals surface area contributed by atoms with Gasteiger partial charge in [0.05, 0.1) is 19.3 Å². The Morgan fingerprint density at radius 1 is 1.08 bits per heavy atom. The molecule has 1 amide bonds. The number of carbonyl (C=O) groups is 2. The van der Waals surface area contributed by atoms with Crippen LogP contribution in [0.5, 0.6) is 17.2 Å². The van der Waals surface area contributed by atoms with Crippen LogP contribution in [0.15, 0.2) is 42.5 Å². The lowest BCUT2D eigenvalue weighted by Gasteiger charge is -2.16. The highest BCUT2D eigenvalue weighted by molar-refractivity contribution is 6.00. The molecule has 0 fully saturated rings. The number of ketones is 1. The third kappa shape index (κ3) is 4.50. The molecule has 0 unspecified atom stereocenters. The first-order chi connectivity index (χ1) is 12.0. The van der Waals surface area contributed by atoms with Crippen LogP contribution in [0.2, 0.25) is 0 Å². The average molecular weight is 343 g/mol. The number of carbonyl (C=O) groups excluding carboxylic acids is 2. The topological polar surface area (TPSA) is 87.8 Å². The van der Waals surface area contributed by atoms with Crippen LogP contribution in [0, 0.1) is 0 Å². The average Bonchev–Trinajstić information content (AvgIpc) is 2.61. The van der Waals surface area contributed by atoms with E-state index in [1.807, 2.05) is 6.92 Å². The number of nitrogens with two attached hydrogens (primary N) is 1. The van der Waals surface area contributed by atoms with Crippen LogP contribution in [0.25, 0.3) is 0 Å². The van der Waals surface area contributed by atoms with E-state index in [1.54, 1.807) is 37.3 Å². The first kappa shape index (κ1) is 18.3. The molecule has 0 aromatic heterocycles. The summed E-state index contributed by atoms with van der Waals surface area (Å²) in [5, 5.41) is 0. The Balaban J connectivity index is 2.19. The second-order valence-corrected chi connectivity index (χ2v) is 5.31. The minimum atomic E-state index is -0.803. The molecule has 2 aromatic carbocycles. The maximum Gasteiger partial charge on any atom is 0.252 e. The van der Waals surface area contributed by atoms with Gasteiger partial charge >= 0.3 is 0 Å². The molecule has 0 saturated carbocycles. The van der Waals surface area contributed by atoms with Gasteiger partial charge in [0, 0.05) is 11.6 Å². The van der Waals surface area contributed by atoms with Gasteiger partial charge in [-0.2, -0.15) is 0 Å². The van der Waals surface area contributed by atoms with E-state index < -0.39 is 12.0 Å². The van der Waals surface area contributed by atoms with E-state index in [0.717, 1.165) is 0 Å². The Morgan fingerprint density at radius 3 is 2.28 bits per heavy atom. The van der Waals surface area contributed by atoms with Crippen molar-refractivity contribution in [3.8, 4) is 17.2 Å². The van der Waals surface area contributed by atoms with E-state index in [-0.39, 0.29) is 17.1 Å². The molecule has 0 aliphatic carbocycles. The van der Waals surface area contributed by atoms with Crippen LogP contribution >= 0.6 is 0 Å².